The second-order valence-electron chi connectivity index (χ2n) is 5.79. The van der Waals surface area contributed by atoms with Gasteiger partial charge in [-0.25, -0.2) is 9.97 Å². The van der Waals surface area contributed by atoms with Crippen molar-refractivity contribution in [2.24, 2.45) is 0 Å². The third-order valence-corrected chi connectivity index (χ3v) is 4.57. The fourth-order valence-corrected chi connectivity index (χ4v) is 2.97. The number of aliphatic hydroxyl groups is 1. The molecule has 1 aromatic heterocycles. The lowest BCUT2D eigenvalue weighted by Crippen LogP contribution is -2.45. The Hall–Kier alpha value is -2.18. The van der Waals surface area contributed by atoms with Crippen LogP contribution in [-0.4, -0.2) is 46.1 Å². The number of methoxy groups -OCH3 is 1. The van der Waals surface area contributed by atoms with E-state index in [1.165, 1.54) is 19.5 Å². The Balaban J connectivity index is 1.67. The number of ether oxygens (including phenoxy) is 1. The van der Waals surface area contributed by atoms with Crippen LogP contribution in [0.25, 0.3) is 0 Å². The quantitative estimate of drug-likeness (QED) is 0.921. The predicted octanol–water partition coefficient (Wildman–Crippen LogP) is 2.26. The number of nitrogens with zero attached hydrogens (tertiary/aromatic N) is 3. The Labute approximate surface area is 145 Å². The maximum atomic E-state index is 12.5. The zero-order chi connectivity index (χ0) is 17.2. The van der Waals surface area contributed by atoms with Crippen molar-refractivity contribution in [2.45, 2.75) is 18.4 Å². The largest absolute Gasteiger partial charge is 0.467 e. The Kier molecular flexibility index (Phi) is 4.69. The van der Waals surface area contributed by atoms with E-state index in [2.05, 4.69) is 9.97 Å². The van der Waals surface area contributed by atoms with Gasteiger partial charge in [0.05, 0.1) is 18.3 Å². The van der Waals surface area contributed by atoms with E-state index in [-0.39, 0.29) is 11.9 Å². The molecule has 0 saturated carbocycles. The summed E-state index contributed by atoms with van der Waals surface area (Å²) < 4.78 is 4.89. The molecule has 2 heterocycles. The van der Waals surface area contributed by atoms with Gasteiger partial charge in [-0.3, -0.25) is 4.79 Å². The molecule has 0 atom stereocenters. The van der Waals surface area contributed by atoms with Gasteiger partial charge in [0.1, 0.15) is 0 Å². The monoisotopic (exact) mass is 347 g/mol. The summed E-state index contributed by atoms with van der Waals surface area (Å²) >= 11 is 5.89. The first kappa shape index (κ1) is 16.7. The van der Waals surface area contributed by atoms with Crippen LogP contribution in [-0.2, 0) is 5.60 Å². The molecule has 0 radical (unpaired) electrons. The van der Waals surface area contributed by atoms with E-state index in [9.17, 15) is 9.90 Å². The normalized spacial score (nSPS) is 16.7. The molecule has 126 valence electrons. The topological polar surface area (TPSA) is 75.5 Å². The molecule has 0 spiro atoms. The minimum atomic E-state index is -0.933. The minimum Gasteiger partial charge on any atom is -0.467 e. The van der Waals surface area contributed by atoms with Gasteiger partial charge in [-0.2, -0.15) is 0 Å². The summed E-state index contributed by atoms with van der Waals surface area (Å²) in [6.45, 7) is 0.925. The van der Waals surface area contributed by atoms with Gasteiger partial charge in [-0.05, 0) is 30.5 Å². The molecule has 6 nitrogen and oxygen atoms in total. The Morgan fingerprint density at radius 2 is 1.79 bits per heavy atom. The van der Waals surface area contributed by atoms with Gasteiger partial charge in [0.2, 0.25) is 0 Å². The molecule has 0 bridgehead atoms. The van der Waals surface area contributed by atoms with Crippen molar-refractivity contribution in [3.8, 4) is 6.01 Å². The molecule has 24 heavy (non-hydrogen) atoms. The highest BCUT2D eigenvalue weighted by Crippen LogP contribution is 2.33. The van der Waals surface area contributed by atoms with Crippen LogP contribution in [0.1, 0.15) is 28.8 Å². The highest BCUT2D eigenvalue weighted by atomic mass is 35.5. The van der Waals surface area contributed by atoms with Crippen LogP contribution in [0, 0.1) is 0 Å². The Morgan fingerprint density at radius 1 is 1.21 bits per heavy atom. The molecule has 0 unspecified atom stereocenters. The van der Waals surface area contributed by atoms with E-state index in [1.807, 2.05) is 12.1 Å². The number of halogens is 1. The van der Waals surface area contributed by atoms with E-state index < -0.39 is 5.60 Å². The fourth-order valence-electron chi connectivity index (χ4n) is 2.84. The van der Waals surface area contributed by atoms with Crippen molar-refractivity contribution in [1.29, 1.82) is 0 Å². The summed E-state index contributed by atoms with van der Waals surface area (Å²) in [5, 5.41) is 11.5. The number of benzene rings is 1. The molecule has 1 N–H and O–H groups in total. The van der Waals surface area contributed by atoms with Gasteiger partial charge in [0.15, 0.2) is 0 Å². The fraction of sp³-hybridized carbons (Fsp3) is 0.353. The van der Waals surface area contributed by atoms with Crippen molar-refractivity contribution >= 4 is 17.5 Å². The van der Waals surface area contributed by atoms with Crippen LogP contribution in [0.5, 0.6) is 6.01 Å². The average Bonchev–Trinajstić information content (AvgIpc) is 2.62. The highest BCUT2D eigenvalue weighted by Gasteiger charge is 2.35. The second kappa shape index (κ2) is 6.75. The maximum absolute atomic E-state index is 12.5. The van der Waals surface area contributed by atoms with Crippen molar-refractivity contribution in [3.05, 3.63) is 52.8 Å². The maximum Gasteiger partial charge on any atom is 0.316 e. The standard InChI is InChI=1S/C17H18ClN3O3/c1-24-16-19-10-12(11-20-16)15(22)21-8-6-17(23,7-9-21)13-2-4-14(18)5-3-13/h2-5,10-11,23H,6-9H2,1H3. The molecular formula is C17H18ClN3O3. The molecule has 7 heteroatoms. The van der Waals surface area contributed by atoms with Crippen molar-refractivity contribution in [3.63, 3.8) is 0 Å². The molecule has 0 aliphatic carbocycles. The van der Waals surface area contributed by atoms with E-state index in [0.29, 0.717) is 36.5 Å². The lowest BCUT2D eigenvalue weighted by molar-refractivity contribution is -0.0211. The van der Waals surface area contributed by atoms with E-state index in [0.717, 1.165) is 5.56 Å². The number of aromatic nitrogens is 2. The van der Waals surface area contributed by atoms with Gasteiger partial charge in [-0.1, -0.05) is 23.7 Å². The zero-order valence-corrected chi connectivity index (χ0v) is 14.0. The van der Waals surface area contributed by atoms with Crippen molar-refractivity contribution < 1.29 is 14.6 Å². The van der Waals surface area contributed by atoms with E-state index in [1.54, 1.807) is 17.0 Å². The lowest BCUT2D eigenvalue weighted by atomic mass is 9.84. The zero-order valence-electron chi connectivity index (χ0n) is 13.3. The first-order valence-corrected chi connectivity index (χ1v) is 8.03. The summed E-state index contributed by atoms with van der Waals surface area (Å²) in [5.41, 5.74) is 0.303. The lowest BCUT2D eigenvalue weighted by Gasteiger charge is -2.38. The first-order valence-electron chi connectivity index (χ1n) is 7.65. The molecule has 1 aromatic carbocycles. The van der Waals surface area contributed by atoms with Gasteiger partial charge >= 0.3 is 6.01 Å². The summed E-state index contributed by atoms with van der Waals surface area (Å²) in [6.07, 6.45) is 3.84. The molecule has 2 aromatic rings. The third-order valence-electron chi connectivity index (χ3n) is 4.32. The molecule has 3 rings (SSSR count). The summed E-state index contributed by atoms with van der Waals surface area (Å²) in [6, 6.07) is 7.42. The summed E-state index contributed by atoms with van der Waals surface area (Å²) in [7, 11) is 1.47. The van der Waals surface area contributed by atoms with Gasteiger partial charge in [0, 0.05) is 30.5 Å². The SMILES string of the molecule is COc1ncc(C(=O)N2CCC(O)(c3ccc(Cl)cc3)CC2)cn1. The highest BCUT2D eigenvalue weighted by molar-refractivity contribution is 6.30. The molecular weight excluding hydrogens is 330 g/mol. The second-order valence-corrected chi connectivity index (χ2v) is 6.23. The number of likely N-dealkylation sites (tertiary alicyclic amines) is 1. The number of rotatable bonds is 3. The number of carbonyl (C=O) groups is 1. The van der Waals surface area contributed by atoms with Gasteiger partial charge in [-0.15, -0.1) is 0 Å². The van der Waals surface area contributed by atoms with E-state index >= 15 is 0 Å². The van der Waals surface area contributed by atoms with Crippen LogP contribution in [0.3, 0.4) is 0 Å². The molecule has 1 saturated heterocycles. The van der Waals surface area contributed by atoms with Gasteiger partial charge in [0.25, 0.3) is 5.91 Å². The van der Waals surface area contributed by atoms with E-state index in [4.69, 9.17) is 16.3 Å². The Bertz CT molecular complexity index is 711. The van der Waals surface area contributed by atoms with Crippen LogP contribution >= 0.6 is 11.6 Å². The van der Waals surface area contributed by atoms with Gasteiger partial charge < -0.3 is 14.7 Å². The molecule has 1 fully saturated rings. The van der Waals surface area contributed by atoms with Crippen LogP contribution in [0.15, 0.2) is 36.7 Å². The first-order chi connectivity index (χ1) is 11.5. The van der Waals surface area contributed by atoms with Crippen LogP contribution in [0.2, 0.25) is 5.02 Å². The molecule has 1 amide bonds. The van der Waals surface area contributed by atoms with Crippen molar-refractivity contribution in [2.75, 3.05) is 20.2 Å². The molecule has 1 aliphatic heterocycles. The van der Waals surface area contributed by atoms with Crippen LogP contribution < -0.4 is 4.74 Å². The average molecular weight is 348 g/mol. The predicted molar refractivity (Wildman–Crippen MR) is 89.1 cm³/mol. The third kappa shape index (κ3) is 3.34. The summed E-state index contributed by atoms with van der Waals surface area (Å²) in [4.78, 5) is 22.1. The smallest absolute Gasteiger partial charge is 0.316 e. The molecule has 1 aliphatic rings. The number of amides is 1. The summed E-state index contributed by atoms with van der Waals surface area (Å²) in [5.74, 6) is -0.143. The van der Waals surface area contributed by atoms with Crippen LogP contribution in [0.4, 0.5) is 0 Å². The Morgan fingerprint density at radius 3 is 2.33 bits per heavy atom. The number of hydrogen-bond donors (Lipinski definition) is 1. The number of hydrogen-bond acceptors (Lipinski definition) is 5. The number of piperidine rings is 1. The number of carbonyl (C=O) groups excluding carboxylic acids is 1. The minimum absolute atomic E-state index is 0.143. The van der Waals surface area contributed by atoms with Crippen molar-refractivity contribution in [1.82, 2.24) is 14.9 Å².